The van der Waals surface area contributed by atoms with Crippen LogP contribution in [0.15, 0.2) is 18.2 Å². The van der Waals surface area contributed by atoms with Crippen LogP contribution < -0.4 is 5.32 Å². The maximum absolute atomic E-state index is 12.4. The first-order chi connectivity index (χ1) is 9.21. The van der Waals surface area contributed by atoms with Crippen molar-refractivity contribution in [3.05, 3.63) is 29.3 Å². The predicted octanol–water partition coefficient (Wildman–Crippen LogP) is 2.38. The molecular weight excluding hydrogens is 238 g/mol. The normalized spacial score (nSPS) is 36.5. The molecule has 1 aromatic rings. The Morgan fingerprint density at radius 2 is 2.21 bits per heavy atom. The predicted molar refractivity (Wildman–Crippen MR) is 72.5 cm³/mol. The van der Waals surface area contributed by atoms with E-state index >= 15 is 0 Å². The average molecular weight is 257 g/mol. The summed E-state index contributed by atoms with van der Waals surface area (Å²) >= 11 is 0. The quantitative estimate of drug-likeness (QED) is 0.750. The van der Waals surface area contributed by atoms with Crippen LogP contribution in [0.4, 0.5) is 0 Å². The summed E-state index contributed by atoms with van der Waals surface area (Å²) in [5.41, 5.74) is 2.12. The average Bonchev–Trinajstić information content (AvgIpc) is 2.38. The zero-order valence-electron chi connectivity index (χ0n) is 11.0. The van der Waals surface area contributed by atoms with Crippen molar-refractivity contribution in [2.75, 3.05) is 6.54 Å². The first kappa shape index (κ1) is 11.5. The smallest absolute Gasteiger partial charge is 0.163 e. The summed E-state index contributed by atoms with van der Waals surface area (Å²) in [6.07, 6.45) is 5.35. The van der Waals surface area contributed by atoms with Crippen molar-refractivity contribution in [1.29, 1.82) is 0 Å². The highest BCUT2D eigenvalue weighted by Gasteiger charge is 2.53. The number of piperidine rings is 1. The Balaban J connectivity index is 1.94. The number of hydrogen-bond acceptors (Lipinski definition) is 3. The summed E-state index contributed by atoms with van der Waals surface area (Å²) in [4.78, 5) is 12.4. The van der Waals surface area contributed by atoms with E-state index < -0.39 is 0 Å². The Morgan fingerprint density at radius 1 is 1.32 bits per heavy atom. The summed E-state index contributed by atoms with van der Waals surface area (Å²) in [5.74, 6) is 0.977. The molecule has 2 aliphatic carbocycles. The highest BCUT2D eigenvalue weighted by atomic mass is 16.3. The molecule has 4 rings (SSSR count). The number of hydrogen-bond donors (Lipinski definition) is 2. The minimum atomic E-state index is 0.135. The second-order valence-corrected chi connectivity index (χ2v) is 6.32. The van der Waals surface area contributed by atoms with E-state index in [1.165, 1.54) is 19.3 Å². The van der Waals surface area contributed by atoms with Crippen LogP contribution >= 0.6 is 0 Å². The van der Waals surface area contributed by atoms with Crippen molar-refractivity contribution in [3.63, 3.8) is 0 Å². The Labute approximate surface area is 113 Å². The third-order valence-corrected chi connectivity index (χ3v) is 5.56. The zero-order chi connectivity index (χ0) is 13.0. The van der Waals surface area contributed by atoms with Crippen LogP contribution in [0.5, 0.6) is 5.75 Å². The molecule has 1 heterocycles. The van der Waals surface area contributed by atoms with Gasteiger partial charge in [0.2, 0.25) is 0 Å². The fraction of sp³-hybridized carbons (Fsp3) is 0.562. The zero-order valence-corrected chi connectivity index (χ0v) is 11.0. The van der Waals surface area contributed by atoms with E-state index in [1.807, 2.05) is 12.1 Å². The number of carbonyl (C=O) groups excluding carboxylic acids is 1. The van der Waals surface area contributed by atoms with E-state index in [0.717, 1.165) is 24.1 Å². The van der Waals surface area contributed by atoms with Crippen LogP contribution in [0.1, 0.15) is 48.0 Å². The van der Waals surface area contributed by atoms with Crippen LogP contribution in [0.3, 0.4) is 0 Å². The third-order valence-electron chi connectivity index (χ3n) is 5.56. The number of aromatic hydroxyl groups is 1. The van der Waals surface area contributed by atoms with Crippen LogP contribution in [0.25, 0.3) is 0 Å². The maximum atomic E-state index is 12.4. The maximum Gasteiger partial charge on any atom is 0.163 e. The molecule has 0 unspecified atom stereocenters. The number of rotatable bonds is 0. The lowest BCUT2D eigenvalue weighted by molar-refractivity contribution is 0.0581. The van der Waals surface area contributed by atoms with Crippen molar-refractivity contribution in [2.24, 2.45) is 5.92 Å². The number of benzene rings is 1. The minimum Gasteiger partial charge on any atom is -0.508 e. The summed E-state index contributed by atoms with van der Waals surface area (Å²) in [7, 11) is 0. The van der Waals surface area contributed by atoms with Gasteiger partial charge >= 0.3 is 0 Å². The van der Waals surface area contributed by atoms with Gasteiger partial charge in [-0.05, 0) is 55.5 Å². The Morgan fingerprint density at radius 3 is 3.11 bits per heavy atom. The van der Waals surface area contributed by atoms with Gasteiger partial charge in [0.25, 0.3) is 0 Å². The third kappa shape index (κ3) is 1.45. The number of phenolic OH excluding ortho intramolecular Hbond substituents is 1. The molecular formula is C16H19NO2. The van der Waals surface area contributed by atoms with Crippen molar-refractivity contribution in [1.82, 2.24) is 5.32 Å². The molecule has 0 radical (unpaired) electrons. The SMILES string of the molecule is O=C1C[C@@H]2[C@@H]3CCC[C@]2(CCN3)c2cc(O)ccc21. The van der Waals surface area contributed by atoms with Gasteiger partial charge < -0.3 is 10.4 Å². The fourth-order valence-electron chi connectivity index (χ4n) is 4.75. The van der Waals surface area contributed by atoms with Gasteiger partial charge in [0.15, 0.2) is 5.78 Å². The molecule has 0 spiro atoms. The number of fused-ring (bicyclic) bond motifs is 1. The van der Waals surface area contributed by atoms with Crippen molar-refractivity contribution in [3.8, 4) is 5.75 Å². The van der Waals surface area contributed by atoms with Crippen LogP contribution in [0, 0.1) is 5.92 Å². The second-order valence-electron chi connectivity index (χ2n) is 6.32. The molecule has 1 saturated heterocycles. The molecule has 0 aromatic heterocycles. The molecule has 100 valence electrons. The molecule has 1 aromatic carbocycles. The first-order valence-corrected chi connectivity index (χ1v) is 7.31. The molecule has 2 N–H and O–H groups in total. The van der Waals surface area contributed by atoms with Crippen LogP contribution in [-0.2, 0) is 5.41 Å². The van der Waals surface area contributed by atoms with Crippen molar-refractivity contribution in [2.45, 2.75) is 43.6 Å². The standard InChI is InChI=1S/C16H19NO2/c18-10-3-4-11-12(8-10)16-5-1-2-14(17-7-6-16)13(16)9-15(11)19/h3-4,8,13-14,17-18H,1-2,5-7,9H2/t13-,14+,16+/m1/s1. The van der Waals surface area contributed by atoms with E-state index in [1.54, 1.807) is 6.07 Å². The van der Waals surface area contributed by atoms with Crippen molar-refractivity contribution < 1.29 is 9.90 Å². The van der Waals surface area contributed by atoms with E-state index in [9.17, 15) is 9.90 Å². The monoisotopic (exact) mass is 257 g/mol. The molecule has 3 aliphatic rings. The Kier molecular flexibility index (Phi) is 2.31. The molecule has 2 bridgehead atoms. The van der Waals surface area contributed by atoms with Gasteiger partial charge in [0.1, 0.15) is 5.75 Å². The van der Waals surface area contributed by atoms with Gasteiger partial charge in [0.05, 0.1) is 0 Å². The van der Waals surface area contributed by atoms with E-state index in [4.69, 9.17) is 0 Å². The number of nitrogens with one attached hydrogen (secondary N) is 1. The topological polar surface area (TPSA) is 49.3 Å². The lowest BCUT2D eigenvalue weighted by Crippen LogP contribution is -2.59. The van der Waals surface area contributed by atoms with Gasteiger partial charge in [-0.2, -0.15) is 0 Å². The molecule has 1 saturated carbocycles. The van der Waals surface area contributed by atoms with Crippen molar-refractivity contribution >= 4 is 5.78 Å². The summed E-state index contributed by atoms with van der Waals surface area (Å²) in [6, 6.07) is 5.81. The molecule has 0 amide bonds. The fourth-order valence-corrected chi connectivity index (χ4v) is 4.75. The molecule has 19 heavy (non-hydrogen) atoms. The molecule has 2 fully saturated rings. The van der Waals surface area contributed by atoms with Gasteiger partial charge in [-0.3, -0.25) is 4.79 Å². The largest absolute Gasteiger partial charge is 0.508 e. The Hall–Kier alpha value is -1.35. The highest BCUT2D eigenvalue weighted by Crippen LogP contribution is 2.54. The van der Waals surface area contributed by atoms with Gasteiger partial charge in [-0.1, -0.05) is 6.42 Å². The number of carbonyl (C=O) groups is 1. The van der Waals surface area contributed by atoms with Crippen LogP contribution in [-0.4, -0.2) is 23.5 Å². The minimum absolute atomic E-state index is 0.135. The van der Waals surface area contributed by atoms with E-state index in [0.29, 0.717) is 24.1 Å². The second kappa shape index (κ2) is 3.83. The summed E-state index contributed by atoms with van der Waals surface area (Å²) in [6.45, 7) is 1.03. The number of Topliss-reactive ketones (excluding diaryl/α,β-unsaturated/α-hetero) is 1. The molecule has 3 nitrogen and oxygen atoms in total. The lowest BCUT2D eigenvalue weighted by atomic mass is 9.52. The van der Waals surface area contributed by atoms with E-state index in [-0.39, 0.29) is 11.2 Å². The molecule has 1 aliphatic heterocycles. The highest BCUT2D eigenvalue weighted by molar-refractivity contribution is 5.99. The lowest BCUT2D eigenvalue weighted by Gasteiger charge is -2.55. The van der Waals surface area contributed by atoms with Gasteiger partial charge in [-0.25, -0.2) is 0 Å². The summed E-state index contributed by atoms with van der Waals surface area (Å²) in [5, 5.41) is 13.4. The first-order valence-electron chi connectivity index (χ1n) is 7.31. The van der Waals surface area contributed by atoms with E-state index in [2.05, 4.69) is 5.32 Å². The molecule has 3 heteroatoms. The summed E-state index contributed by atoms with van der Waals surface area (Å²) < 4.78 is 0. The number of phenols is 1. The Bertz CT molecular complexity index is 542. The number of ketones is 1. The molecule has 3 atom stereocenters. The van der Waals surface area contributed by atoms with Gasteiger partial charge in [-0.15, -0.1) is 0 Å². The van der Waals surface area contributed by atoms with Crippen LogP contribution in [0.2, 0.25) is 0 Å². The van der Waals surface area contributed by atoms with Gasteiger partial charge in [0, 0.05) is 23.4 Å².